The van der Waals surface area contributed by atoms with Gasteiger partial charge in [0.05, 0.1) is 0 Å². The molecule has 5 heavy (non-hydrogen) atoms. The van der Waals surface area contributed by atoms with Crippen LogP contribution < -0.4 is 0 Å². The van der Waals surface area contributed by atoms with Crippen LogP contribution in [0.2, 0.25) is 0 Å². The molecule has 0 atom stereocenters. The van der Waals surface area contributed by atoms with Crippen LogP contribution in [0.15, 0.2) is 0 Å². The zero-order valence-corrected chi connectivity index (χ0v) is 8.23. The molecule has 5 heteroatoms. The Balaban J connectivity index is 0. The van der Waals surface area contributed by atoms with Crippen molar-refractivity contribution >= 4 is 69.4 Å². The molecule has 0 aliphatic rings. The van der Waals surface area contributed by atoms with Gasteiger partial charge in [-0.1, -0.05) is 0 Å². The van der Waals surface area contributed by atoms with Crippen LogP contribution in [0.5, 0.6) is 0 Å². The second kappa shape index (κ2) is 30.4. The first kappa shape index (κ1) is 48.6. The third kappa shape index (κ3) is 20.6. The Hall–Kier alpha value is 2.62. The van der Waals surface area contributed by atoms with Gasteiger partial charge in [-0.05, 0) is 0 Å². The molecule has 0 N–H and O–H groups in total. The van der Waals surface area contributed by atoms with Gasteiger partial charge in [-0.25, -0.2) is 0 Å². The molecular formula is Al4Ni. The summed E-state index contributed by atoms with van der Waals surface area (Å²) in [7, 11) is 0. The van der Waals surface area contributed by atoms with Crippen molar-refractivity contribution in [3.63, 3.8) is 0 Å². The Morgan fingerprint density at radius 3 is 0.400 bits per heavy atom. The van der Waals surface area contributed by atoms with Crippen molar-refractivity contribution in [1.29, 1.82) is 0 Å². The van der Waals surface area contributed by atoms with Crippen molar-refractivity contribution < 1.29 is 16.5 Å². The largest absolute Gasteiger partial charge is 0 e. The molecule has 0 aliphatic carbocycles. The third-order valence-corrected chi connectivity index (χ3v) is 0. The molecule has 12 radical (unpaired) electrons. The van der Waals surface area contributed by atoms with Crippen LogP contribution in [0.4, 0.5) is 0 Å². The Bertz CT molecular complexity index is 3.61. The molecule has 0 heterocycles. The molecule has 0 amide bonds. The molecular weight excluding hydrogens is 167 g/mol. The van der Waals surface area contributed by atoms with Gasteiger partial charge in [0, 0.05) is 85.9 Å². The van der Waals surface area contributed by atoms with Gasteiger partial charge in [-0.15, -0.1) is 0 Å². The van der Waals surface area contributed by atoms with Crippen molar-refractivity contribution in [2.24, 2.45) is 0 Å². The maximum atomic E-state index is 0. The SMILES string of the molecule is [Al].[Al].[Al].[Al].[Ni]. The molecule has 0 aromatic rings. The molecule has 0 bridgehead atoms. The summed E-state index contributed by atoms with van der Waals surface area (Å²) >= 11 is 0. The van der Waals surface area contributed by atoms with Crippen molar-refractivity contribution in [2.75, 3.05) is 0 Å². The molecule has 0 fully saturated rings. The van der Waals surface area contributed by atoms with Gasteiger partial charge in [0.2, 0.25) is 0 Å². The summed E-state index contributed by atoms with van der Waals surface area (Å²) in [6.07, 6.45) is 0. The maximum absolute atomic E-state index is 0. The Labute approximate surface area is 84.9 Å². The summed E-state index contributed by atoms with van der Waals surface area (Å²) in [4.78, 5) is 0. The van der Waals surface area contributed by atoms with E-state index in [1.165, 1.54) is 0 Å². The van der Waals surface area contributed by atoms with E-state index in [1.54, 1.807) is 0 Å². The van der Waals surface area contributed by atoms with E-state index in [4.69, 9.17) is 0 Å². The Kier molecular flexibility index (Phi) is 296. The first-order valence-corrected chi connectivity index (χ1v) is 0. The minimum absolute atomic E-state index is 0. The van der Waals surface area contributed by atoms with Gasteiger partial charge >= 0.3 is 0 Å². The van der Waals surface area contributed by atoms with Gasteiger partial charge < -0.3 is 0 Å². The normalized spacial score (nSPS) is 0. The average Bonchev–Trinajstić information content (AvgIpc) is 0. The fourth-order valence-electron chi connectivity index (χ4n) is 0. The summed E-state index contributed by atoms with van der Waals surface area (Å²) < 4.78 is 0. The molecule has 0 saturated heterocycles. The smallest absolute Gasteiger partial charge is 0 e. The number of hydrogen-bond donors (Lipinski definition) is 0. The summed E-state index contributed by atoms with van der Waals surface area (Å²) in [5.41, 5.74) is 0. The maximum Gasteiger partial charge on any atom is 0 e. The van der Waals surface area contributed by atoms with Crippen LogP contribution in [0, 0.1) is 0 Å². The van der Waals surface area contributed by atoms with Gasteiger partial charge in [0.15, 0.2) is 0 Å². The van der Waals surface area contributed by atoms with E-state index in [2.05, 4.69) is 0 Å². The van der Waals surface area contributed by atoms with E-state index in [0.29, 0.717) is 0 Å². The fraction of sp³-hybridized carbons (Fsp3) is 0. The third-order valence-electron chi connectivity index (χ3n) is 0. The quantitative estimate of drug-likeness (QED) is 0.384. The van der Waals surface area contributed by atoms with Crippen LogP contribution in [0.25, 0.3) is 0 Å². The van der Waals surface area contributed by atoms with E-state index in [-0.39, 0.29) is 85.9 Å². The zero-order valence-electron chi connectivity index (χ0n) is 2.63. The molecule has 0 unspecified atom stereocenters. The fourth-order valence-corrected chi connectivity index (χ4v) is 0. The van der Waals surface area contributed by atoms with E-state index in [0.717, 1.165) is 0 Å². The number of rotatable bonds is 0. The Morgan fingerprint density at radius 2 is 0.400 bits per heavy atom. The van der Waals surface area contributed by atoms with E-state index in [1.807, 2.05) is 0 Å². The van der Waals surface area contributed by atoms with E-state index in [9.17, 15) is 0 Å². The van der Waals surface area contributed by atoms with E-state index < -0.39 is 0 Å². The van der Waals surface area contributed by atoms with E-state index >= 15 is 0 Å². The van der Waals surface area contributed by atoms with Crippen molar-refractivity contribution in [1.82, 2.24) is 0 Å². The minimum Gasteiger partial charge on any atom is 0 e. The molecule has 22 valence electrons. The molecule has 0 saturated carbocycles. The summed E-state index contributed by atoms with van der Waals surface area (Å²) in [5, 5.41) is 0. The molecule has 0 aromatic carbocycles. The van der Waals surface area contributed by atoms with Gasteiger partial charge in [0.25, 0.3) is 0 Å². The van der Waals surface area contributed by atoms with Crippen molar-refractivity contribution in [2.45, 2.75) is 0 Å². The van der Waals surface area contributed by atoms with Crippen molar-refractivity contribution in [3.8, 4) is 0 Å². The zero-order chi connectivity index (χ0) is 0. The van der Waals surface area contributed by atoms with Crippen LogP contribution in [0.3, 0.4) is 0 Å². The summed E-state index contributed by atoms with van der Waals surface area (Å²) in [5.74, 6) is 0. The monoisotopic (exact) mass is 166 g/mol. The molecule has 0 rings (SSSR count). The first-order valence-electron chi connectivity index (χ1n) is 0. The number of hydrogen-bond acceptors (Lipinski definition) is 0. The predicted octanol–water partition coefficient (Wildman–Crippen LogP) is -1.53. The van der Waals surface area contributed by atoms with Crippen LogP contribution in [-0.2, 0) is 16.5 Å². The summed E-state index contributed by atoms with van der Waals surface area (Å²) in [6, 6.07) is 0. The average molecular weight is 167 g/mol. The minimum atomic E-state index is 0. The first-order chi connectivity index (χ1) is 0. The van der Waals surface area contributed by atoms with Crippen LogP contribution in [-0.4, -0.2) is 69.4 Å². The summed E-state index contributed by atoms with van der Waals surface area (Å²) in [6.45, 7) is 0. The Morgan fingerprint density at radius 1 is 0.400 bits per heavy atom. The molecule has 0 spiro atoms. The van der Waals surface area contributed by atoms with Crippen LogP contribution in [0.1, 0.15) is 0 Å². The molecule has 0 aromatic heterocycles. The van der Waals surface area contributed by atoms with Crippen LogP contribution >= 0.6 is 0 Å². The topological polar surface area (TPSA) is 0 Å². The van der Waals surface area contributed by atoms with Gasteiger partial charge in [-0.3, -0.25) is 0 Å². The van der Waals surface area contributed by atoms with Crippen molar-refractivity contribution in [3.05, 3.63) is 0 Å². The molecule has 0 aliphatic heterocycles. The predicted molar refractivity (Wildman–Crippen MR) is 23.0 cm³/mol. The second-order valence-corrected chi connectivity index (χ2v) is 0. The second-order valence-electron chi connectivity index (χ2n) is 0. The standard InChI is InChI=1S/4Al.Ni. The van der Waals surface area contributed by atoms with Gasteiger partial charge in [-0.2, -0.15) is 0 Å². The van der Waals surface area contributed by atoms with Gasteiger partial charge in [0.1, 0.15) is 0 Å². The molecule has 0 nitrogen and oxygen atoms in total.